The van der Waals surface area contributed by atoms with E-state index in [-0.39, 0.29) is 18.0 Å². The quantitative estimate of drug-likeness (QED) is 0.440. The van der Waals surface area contributed by atoms with Crippen molar-refractivity contribution in [2.45, 2.75) is 19.3 Å². The topological polar surface area (TPSA) is 87.2 Å². The second-order valence-electron chi connectivity index (χ2n) is 5.29. The number of para-hydroxylation sites is 1. The molecule has 1 saturated carbocycles. The number of nitrogens with zero attached hydrogens (tertiary/aromatic N) is 3. The highest BCUT2D eigenvalue weighted by atomic mass is 16.6. The Morgan fingerprint density at radius 2 is 2.18 bits per heavy atom. The van der Waals surface area contributed by atoms with Crippen LogP contribution >= 0.6 is 0 Å². The summed E-state index contributed by atoms with van der Waals surface area (Å²) in [4.78, 5) is 24.3. The summed E-state index contributed by atoms with van der Waals surface area (Å²) in [5, 5.41) is 19.6. The number of nitro benzene ring substituents is 1. The van der Waals surface area contributed by atoms with E-state index in [1.54, 1.807) is 23.1 Å². The lowest BCUT2D eigenvalue weighted by Crippen LogP contribution is -2.32. The van der Waals surface area contributed by atoms with Gasteiger partial charge in [0.1, 0.15) is 0 Å². The Morgan fingerprint density at radius 1 is 1.45 bits per heavy atom. The van der Waals surface area contributed by atoms with Gasteiger partial charge < -0.3 is 4.90 Å². The van der Waals surface area contributed by atoms with Gasteiger partial charge in [-0.3, -0.25) is 14.9 Å². The normalized spacial score (nSPS) is 13.8. The molecule has 0 aliphatic heterocycles. The molecule has 22 heavy (non-hydrogen) atoms. The summed E-state index contributed by atoms with van der Waals surface area (Å²) >= 11 is 0. The maximum atomic E-state index is 12.2. The zero-order valence-electron chi connectivity index (χ0n) is 12.1. The molecule has 0 saturated heterocycles. The van der Waals surface area contributed by atoms with E-state index < -0.39 is 4.92 Å². The zero-order valence-corrected chi connectivity index (χ0v) is 12.1. The van der Waals surface area contributed by atoms with E-state index in [1.807, 2.05) is 6.07 Å². The Hall–Kier alpha value is -2.68. The second kappa shape index (κ2) is 7.36. The molecule has 0 bridgehead atoms. The molecule has 1 aromatic rings. The predicted molar refractivity (Wildman–Crippen MR) is 81.7 cm³/mol. The fourth-order valence-electron chi connectivity index (χ4n) is 2.15. The van der Waals surface area contributed by atoms with Crippen molar-refractivity contribution in [3.63, 3.8) is 0 Å². The first-order valence-electron chi connectivity index (χ1n) is 7.19. The average Bonchev–Trinajstić information content (AvgIpc) is 3.33. The third-order valence-electron chi connectivity index (χ3n) is 3.52. The standard InChI is InChI=1S/C16H17N3O3/c17-10-3-11-18(12-13-6-7-13)16(20)9-8-14-4-1-2-5-15(14)19(21)22/h1-2,4-5,8-9,13H,3,6-7,11-12H2. The van der Waals surface area contributed by atoms with Gasteiger partial charge in [-0.15, -0.1) is 0 Å². The molecular formula is C16H17N3O3. The summed E-state index contributed by atoms with van der Waals surface area (Å²) in [6.07, 6.45) is 5.33. The SMILES string of the molecule is N#CCCN(CC1CC1)C(=O)C=Cc1ccccc1[N+](=O)[O-]. The molecular weight excluding hydrogens is 282 g/mol. The Morgan fingerprint density at radius 3 is 2.82 bits per heavy atom. The van der Waals surface area contributed by atoms with E-state index in [0.717, 1.165) is 12.8 Å². The first kappa shape index (κ1) is 15.7. The minimum atomic E-state index is -0.470. The van der Waals surface area contributed by atoms with Crippen molar-refractivity contribution in [1.82, 2.24) is 4.90 Å². The molecule has 1 fully saturated rings. The molecule has 2 rings (SSSR count). The van der Waals surface area contributed by atoms with Crippen molar-refractivity contribution in [3.8, 4) is 6.07 Å². The fraction of sp³-hybridized carbons (Fsp3) is 0.375. The predicted octanol–water partition coefficient (Wildman–Crippen LogP) is 2.76. The molecule has 0 heterocycles. The number of rotatable bonds is 7. The lowest BCUT2D eigenvalue weighted by Gasteiger charge is -2.19. The van der Waals surface area contributed by atoms with Crippen LogP contribution in [0.4, 0.5) is 5.69 Å². The maximum absolute atomic E-state index is 12.2. The van der Waals surface area contributed by atoms with Crippen molar-refractivity contribution in [3.05, 3.63) is 46.0 Å². The summed E-state index contributed by atoms with van der Waals surface area (Å²) in [5.74, 6) is 0.322. The highest BCUT2D eigenvalue weighted by molar-refractivity contribution is 5.92. The minimum absolute atomic E-state index is 0.0303. The molecule has 0 radical (unpaired) electrons. The second-order valence-corrected chi connectivity index (χ2v) is 5.29. The smallest absolute Gasteiger partial charge is 0.276 e. The third-order valence-corrected chi connectivity index (χ3v) is 3.52. The Labute approximate surface area is 128 Å². The van der Waals surface area contributed by atoms with Crippen LogP contribution in [0.3, 0.4) is 0 Å². The van der Waals surface area contributed by atoms with E-state index >= 15 is 0 Å². The molecule has 0 unspecified atom stereocenters. The summed E-state index contributed by atoms with van der Waals surface area (Å²) < 4.78 is 0. The summed E-state index contributed by atoms with van der Waals surface area (Å²) in [6, 6.07) is 8.32. The van der Waals surface area contributed by atoms with Gasteiger partial charge in [0.15, 0.2) is 0 Å². The van der Waals surface area contributed by atoms with Crippen molar-refractivity contribution in [1.29, 1.82) is 5.26 Å². The van der Waals surface area contributed by atoms with Crippen LogP contribution < -0.4 is 0 Å². The molecule has 1 aliphatic carbocycles. The first-order chi connectivity index (χ1) is 10.6. The Bertz CT molecular complexity index is 630. The summed E-state index contributed by atoms with van der Waals surface area (Å²) in [7, 11) is 0. The zero-order chi connectivity index (χ0) is 15.9. The molecule has 0 spiro atoms. The van der Waals surface area contributed by atoms with Gasteiger partial charge in [0.05, 0.1) is 23.0 Å². The molecule has 0 aromatic heterocycles. The van der Waals surface area contributed by atoms with Crippen LogP contribution in [0.25, 0.3) is 6.08 Å². The van der Waals surface area contributed by atoms with Crippen molar-refractivity contribution in [2.75, 3.05) is 13.1 Å². The molecule has 1 aliphatic rings. The molecule has 6 nitrogen and oxygen atoms in total. The lowest BCUT2D eigenvalue weighted by atomic mass is 10.1. The van der Waals surface area contributed by atoms with Gasteiger partial charge in [0.2, 0.25) is 5.91 Å². The van der Waals surface area contributed by atoms with Crippen molar-refractivity contribution >= 4 is 17.7 Å². The fourth-order valence-corrected chi connectivity index (χ4v) is 2.15. The van der Waals surface area contributed by atoms with Crippen LogP contribution in [-0.4, -0.2) is 28.8 Å². The van der Waals surface area contributed by atoms with E-state index in [1.165, 1.54) is 18.2 Å². The number of carbonyl (C=O) groups excluding carboxylic acids is 1. The lowest BCUT2D eigenvalue weighted by molar-refractivity contribution is -0.385. The number of nitriles is 1. The van der Waals surface area contributed by atoms with E-state index in [4.69, 9.17) is 5.26 Å². The molecule has 1 aromatic carbocycles. The van der Waals surface area contributed by atoms with Crippen LogP contribution in [-0.2, 0) is 4.79 Å². The van der Waals surface area contributed by atoms with E-state index in [2.05, 4.69) is 0 Å². The van der Waals surface area contributed by atoms with Crippen LogP contribution in [0.1, 0.15) is 24.8 Å². The molecule has 1 amide bonds. The molecule has 6 heteroatoms. The van der Waals surface area contributed by atoms with Gasteiger partial charge >= 0.3 is 0 Å². The van der Waals surface area contributed by atoms with Gasteiger partial charge in [0.25, 0.3) is 5.69 Å². The summed E-state index contributed by atoms with van der Waals surface area (Å²) in [6.45, 7) is 1.05. The number of hydrogen-bond donors (Lipinski definition) is 0. The minimum Gasteiger partial charge on any atom is -0.338 e. The van der Waals surface area contributed by atoms with Gasteiger partial charge in [-0.05, 0) is 30.9 Å². The maximum Gasteiger partial charge on any atom is 0.276 e. The average molecular weight is 299 g/mol. The van der Waals surface area contributed by atoms with E-state index in [9.17, 15) is 14.9 Å². The molecule has 0 atom stereocenters. The largest absolute Gasteiger partial charge is 0.338 e. The van der Waals surface area contributed by atoms with Crippen molar-refractivity contribution in [2.24, 2.45) is 5.92 Å². The molecule has 114 valence electrons. The Balaban J connectivity index is 2.08. The van der Waals surface area contributed by atoms with Crippen LogP contribution in [0.15, 0.2) is 30.3 Å². The van der Waals surface area contributed by atoms with Crippen LogP contribution in [0, 0.1) is 27.4 Å². The van der Waals surface area contributed by atoms with Gasteiger partial charge in [0, 0.05) is 25.2 Å². The number of carbonyl (C=O) groups is 1. The summed E-state index contributed by atoms with van der Waals surface area (Å²) in [5.41, 5.74) is 0.366. The monoisotopic (exact) mass is 299 g/mol. The Kier molecular flexibility index (Phi) is 5.26. The first-order valence-corrected chi connectivity index (χ1v) is 7.19. The number of hydrogen-bond acceptors (Lipinski definition) is 4. The van der Waals surface area contributed by atoms with Gasteiger partial charge in [-0.2, -0.15) is 5.26 Å². The third kappa shape index (κ3) is 4.42. The highest BCUT2D eigenvalue weighted by Crippen LogP contribution is 2.30. The van der Waals surface area contributed by atoms with E-state index in [0.29, 0.717) is 24.6 Å². The number of benzene rings is 1. The molecule has 0 N–H and O–H groups in total. The van der Waals surface area contributed by atoms with Crippen LogP contribution in [0.2, 0.25) is 0 Å². The number of nitro groups is 1. The van der Waals surface area contributed by atoms with Crippen molar-refractivity contribution < 1.29 is 9.72 Å². The van der Waals surface area contributed by atoms with Gasteiger partial charge in [-0.1, -0.05) is 12.1 Å². The van der Waals surface area contributed by atoms with Crippen LogP contribution in [0.5, 0.6) is 0 Å². The highest BCUT2D eigenvalue weighted by Gasteiger charge is 2.25. The van der Waals surface area contributed by atoms with Gasteiger partial charge in [-0.25, -0.2) is 0 Å². The number of amides is 1.